The number of rotatable bonds is 0. The third-order valence-electron chi connectivity index (χ3n) is 4.95. The molecule has 20 heavy (non-hydrogen) atoms. The van der Waals surface area contributed by atoms with E-state index in [1.54, 1.807) is 0 Å². The van der Waals surface area contributed by atoms with E-state index in [0.717, 1.165) is 6.42 Å². The van der Waals surface area contributed by atoms with Crippen molar-refractivity contribution in [2.45, 2.75) is 57.3 Å². The minimum Gasteiger partial charge on any atom is -0.287 e. The highest BCUT2D eigenvalue weighted by atomic mass is 32.2. The van der Waals surface area contributed by atoms with Gasteiger partial charge in [0.25, 0.3) is 0 Å². The fourth-order valence-corrected chi connectivity index (χ4v) is 5.33. The van der Waals surface area contributed by atoms with Crippen molar-refractivity contribution in [1.29, 1.82) is 0 Å². The quantitative estimate of drug-likeness (QED) is 0.648. The summed E-state index contributed by atoms with van der Waals surface area (Å²) >= 11 is 1.50. The molecule has 3 rings (SSSR count). The second-order valence-corrected chi connectivity index (χ2v) is 8.40. The van der Waals surface area contributed by atoms with Crippen molar-refractivity contribution in [3.8, 4) is 0 Å². The van der Waals surface area contributed by atoms with Gasteiger partial charge in [-0.1, -0.05) is 63.6 Å². The van der Waals surface area contributed by atoms with Crippen LogP contribution < -0.4 is 0 Å². The Morgan fingerprint density at radius 1 is 1.10 bits per heavy atom. The van der Waals surface area contributed by atoms with Gasteiger partial charge in [-0.15, -0.1) is 0 Å². The lowest BCUT2D eigenvalue weighted by atomic mass is 9.62. The van der Waals surface area contributed by atoms with Crippen LogP contribution in [0.5, 0.6) is 0 Å². The summed E-state index contributed by atoms with van der Waals surface area (Å²) in [6.07, 6.45) is 4.82. The number of hydrogen-bond acceptors (Lipinski definition) is 2. The van der Waals surface area contributed by atoms with E-state index in [2.05, 4.69) is 45.0 Å². The van der Waals surface area contributed by atoms with Gasteiger partial charge < -0.3 is 0 Å². The Kier molecular flexibility index (Phi) is 3.70. The van der Waals surface area contributed by atoms with E-state index >= 15 is 0 Å². The van der Waals surface area contributed by atoms with Crippen molar-refractivity contribution in [1.82, 2.24) is 0 Å². The molecule has 0 radical (unpaired) electrons. The highest BCUT2D eigenvalue weighted by Crippen LogP contribution is 2.54. The third kappa shape index (κ3) is 2.43. The zero-order valence-electron chi connectivity index (χ0n) is 12.7. The second-order valence-electron chi connectivity index (χ2n) is 7.36. The molecule has 1 saturated carbocycles. The van der Waals surface area contributed by atoms with Crippen LogP contribution in [0.2, 0.25) is 0 Å². The van der Waals surface area contributed by atoms with Crippen LogP contribution in [0.15, 0.2) is 29.2 Å². The molecule has 2 aliphatic rings. The molecule has 1 fully saturated rings. The first kappa shape index (κ1) is 14.2. The fourth-order valence-electron chi connectivity index (χ4n) is 4.21. The molecule has 0 spiro atoms. The van der Waals surface area contributed by atoms with Crippen molar-refractivity contribution in [2.24, 2.45) is 17.3 Å². The zero-order chi connectivity index (χ0) is 14.3. The Labute approximate surface area is 126 Å². The molecule has 2 heteroatoms. The Balaban J connectivity index is 2.13. The Bertz CT molecular complexity index is 514. The Morgan fingerprint density at radius 3 is 2.55 bits per heavy atom. The monoisotopic (exact) mass is 288 g/mol. The summed E-state index contributed by atoms with van der Waals surface area (Å²) in [5, 5.41) is 0.411. The summed E-state index contributed by atoms with van der Waals surface area (Å²) in [6, 6.07) is 8.58. The molecule has 1 nitrogen and oxygen atoms in total. The van der Waals surface area contributed by atoms with Gasteiger partial charge in [-0.25, -0.2) is 0 Å². The summed E-state index contributed by atoms with van der Waals surface area (Å²) in [5.41, 5.74) is 1.62. The number of hydrogen-bond donors (Lipinski definition) is 0. The van der Waals surface area contributed by atoms with Gasteiger partial charge in [0.05, 0.1) is 0 Å². The predicted octanol–water partition coefficient (Wildman–Crippen LogP) is 5.26. The van der Waals surface area contributed by atoms with E-state index < -0.39 is 0 Å². The van der Waals surface area contributed by atoms with E-state index in [9.17, 15) is 4.79 Å². The molecule has 0 aromatic heterocycles. The largest absolute Gasteiger partial charge is 0.287 e. The summed E-state index contributed by atoms with van der Waals surface area (Å²) in [4.78, 5) is 13.8. The molecular weight excluding hydrogens is 264 g/mol. The molecule has 1 aromatic rings. The van der Waals surface area contributed by atoms with Crippen molar-refractivity contribution < 1.29 is 4.79 Å². The van der Waals surface area contributed by atoms with Crippen LogP contribution in [0.3, 0.4) is 0 Å². The first-order valence-electron chi connectivity index (χ1n) is 7.79. The average Bonchev–Trinajstić information content (AvgIpc) is 2.52. The molecule has 0 N–H and O–H groups in total. The molecule has 1 aliphatic carbocycles. The standard InChI is InChI=1S/C18H24OS/c1-18(2,3)16-12-8-4-5-9-13(12)17(19)20-15-11-7-6-10-14(15)16/h6-7,10-13,16H,4-5,8-9H2,1-3H3. The average molecular weight is 288 g/mol. The van der Waals surface area contributed by atoms with E-state index in [1.165, 1.54) is 41.5 Å². The molecule has 0 bridgehead atoms. The van der Waals surface area contributed by atoms with Gasteiger partial charge in [-0.3, -0.25) is 4.79 Å². The van der Waals surface area contributed by atoms with Crippen LogP contribution in [0, 0.1) is 17.3 Å². The lowest BCUT2D eigenvalue weighted by Gasteiger charge is -2.41. The molecule has 3 unspecified atom stereocenters. The maximum absolute atomic E-state index is 12.6. The van der Waals surface area contributed by atoms with Gasteiger partial charge in [0.1, 0.15) is 0 Å². The second kappa shape index (κ2) is 5.22. The van der Waals surface area contributed by atoms with E-state index in [-0.39, 0.29) is 11.3 Å². The summed E-state index contributed by atoms with van der Waals surface area (Å²) < 4.78 is 0. The number of carbonyl (C=O) groups excluding carboxylic acids is 1. The predicted molar refractivity (Wildman–Crippen MR) is 85.0 cm³/mol. The van der Waals surface area contributed by atoms with Crippen LogP contribution in [0.1, 0.15) is 57.9 Å². The number of benzene rings is 1. The van der Waals surface area contributed by atoms with Gasteiger partial charge in [0.15, 0.2) is 5.12 Å². The van der Waals surface area contributed by atoms with E-state index in [0.29, 0.717) is 17.0 Å². The van der Waals surface area contributed by atoms with Gasteiger partial charge in [-0.2, -0.15) is 0 Å². The highest BCUT2D eigenvalue weighted by molar-refractivity contribution is 8.13. The summed E-state index contributed by atoms with van der Waals surface area (Å²) in [7, 11) is 0. The number of fused-ring (bicyclic) bond motifs is 2. The van der Waals surface area contributed by atoms with Gasteiger partial charge >= 0.3 is 0 Å². The minimum absolute atomic E-state index is 0.210. The first-order chi connectivity index (χ1) is 9.48. The van der Waals surface area contributed by atoms with Crippen LogP contribution in [-0.2, 0) is 4.79 Å². The van der Waals surface area contributed by atoms with E-state index in [4.69, 9.17) is 0 Å². The summed E-state index contributed by atoms with van der Waals surface area (Å²) in [5.74, 6) is 1.31. The molecule has 1 heterocycles. The van der Waals surface area contributed by atoms with Crippen LogP contribution >= 0.6 is 11.8 Å². The van der Waals surface area contributed by atoms with Gasteiger partial charge in [-0.05, 0) is 41.7 Å². The highest BCUT2D eigenvalue weighted by Gasteiger charge is 2.44. The number of thioether (sulfide) groups is 1. The maximum Gasteiger partial charge on any atom is 0.197 e. The molecule has 0 amide bonds. The summed E-state index contributed by atoms with van der Waals surface area (Å²) in [6.45, 7) is 7.00. The van der Waals surface area contributed by atoms with Crippen molar-refractivity contribution in [3.05, 3.63) is 29.8 Å². The van der Waals surface area contributed by atoms with Crippen molar-refractivity contribution in [3.63, 3.8) is 0 Å². The minimum atomic E-state index is 0.210. The zero-order valence-corrected chi connectivity index (χ0v) is 13.5. The van der Waals surface area contributed by atoms with Crippen molar-refractivity contribution >= 4 is 16.9 Å². The van der Waals surface area contributed by atoms with Gasteiger partial charge in [0, 0.05) is 10.8 Å². The van der Waals surface area contributed by atoms with Crippen LogP contribution in [-0.4, -0.2) is 5.12 Å². The normalized spacial score (nSPS) is 30.4. The fraction of sp³-hybridized carbons (Fsp3) is 0.611. The number of carbonyl (C=O) groups is 1. The molecule has 108 valence electrons. The van der Waals surface area contributed by atoms with Gasteiger partial charge in [0.2, 0.25) is 0 Å². The lowest BCUT2D eigenvalue weighted by molar-refractivity contribution is -0.117. The third-order valence-corrected chi connectivity index (χ3v) is 6.04. The Hall–Kier alpha value is -0.760. The van der Waals surface area contributed by atoms with Crippen LogP contribution in [0.25, 0.3) is 0 Å². The molecular formula is C18H24OS. The molecule has 3 atom stereocenters. The first-order valence-corrected chi connectivity index (χ1v) is 8.61. The smallest absolute Gasteiger partial charge is 0.197 e. The molecule has 1 aromatic carbocycles. The topological polar surface area (TPSA) is 17.1 Å². The van der Waals surface area contributed by atoms with Crippen molar-refractivity contribution in [2.75, 3.05) is 0 Å². The molecule has 1 aliphatic heterocycles. The van der Waals surface area contributed by atoms with E-state index in [1.807, 2.05) is 0 Å². The lowest BCUT2D eigenvalue weighted by Crippen LogP contribution is -2.34. The van der Waals surface area contributed by atoms with Crippen LogP contribution in [0.4, 0.5) is 0 Å². The SMILES string of the molecule is CC(C)(C)C1c2ccccc2SC(=O)C2CCCCC21. The maximum atomic E-state index is 12.6. The molecule has 0 saturated heterocycles. The Morgan fingerprint density at radius 2 is 1.80 bits per heavy atom.